The standard InChI is InChI=1S/C16H15N5/c1-12-19-15(14-9-5-6-10-17-14)21-16(20-12)18-11-13-7-3-2-4-8-13/h2-10H,11H2,1H3,(H,18,19,20,21). The molecule has 5 heteroatoms. The summed E-state index contributed by atoms with van der Waals surface area (Å²) in [7, 11) is 0. The van der Waals surface area contributed by atoms with Crippen molar-refractivity contribution < 1.29 is 0 Å². The summed E-state index contributed by atoms with van der Waals surface area (Å²) in [5.41, 5.74) is 1.92. The molecule has 3 aromatic rings. The third-order valence-corrected chi connectivity index (χ3v) is 2.93. The van der Waals surface area contributed by atoms with Crippen LogP contribution in [-0.2, 0) is 6.54 Å². The molecular weight excluding hydrogens is 262 g/mol. The Morgan fingerprint density at radius 2 is 1.71 bits per heavy atom. The number of anilines is 1. The van der Waals surface area contributed by atoms with Crippen LogP contribution in [0, 0.1) is 6.92 Å². The highest BCUT2D eigenvalue weighted by Crippen LogP contribution is 2.13. The third-order valence-electron chi connectivity index (χ3n) is 2.93. The molecule has 0 spiro atoms. The van der Waals surface area contributed by atoms with Crippen molar-refractivity contribution in [2.45, 2.75) is 13.5 Å². The van der Waals surface area contributed by atoms with Gasteiger partial charge in [0.25, 0.3) is 0 Å². The monoisotopic (exact) mass is 277 g/mol. The summed E-state index contributed by atoms with van der Waals surface area (Å²) in [6.45, 7) is 2.52. The number of hydrogen-bond donors (Lipinski definition) is 1. The van der Waals surface area contributed by atoms with E-state index >= 15 is 0 Å². The second-order valence-corrected chi connectivity index (χ2v) is 4.58. The van der Waals surface area contributed by atoms with Gasteiger partial charge in [-0.3, -0.25) is 4.98 Å². The van der Waals surface area contributed by atoms with Gasteiger partial charge in [-0.05, 0) is 24.6 Å². The van der Waals surface area contributed by atoms with E-state index in [0.717, 1.165) is 5.69 Å². The van der Waals surface area contributed by atoms with Crippen LogP contribution in [0.4, 0.5) is 5.95 Å². The first kappa shape index (κ1) is 13.2. The molecule has 0 amide bonds. The number of benzene rings is 1. The predicted octanol–water partition coefficient (Wildman–Crippen LogP) is 2.85. The minimum Gasteiger partial charge on any atom is -0.350 e. The molecule has 0 aliphatic rings. The summed E-state index contributed by atoms with van der Waals surface area (Å²) >= 11 is 0. The molecule has 0 radical (unpaired) electrons. The zero-order chi connectivity index (χ0) is 14.5. The molecule has 0 fully saturated rings. The average Bonchev–Trinajstić information content (AvgIpc) is 2.54. The van der Waals surface area contributed by atoms with Gasteiger partial charge in [0.2, 0.25) is 5.95 Å². The first-order chi connectivity index (χ1) is 10.3. The Kier molecular flexibility index (Phi) is 3.82. The van der Waals surface area contributed by atoms with Gasteiger partial charge in [0.05, 0.1) is 0 Å². The number of aryl methyl sites for hydroxylation is 1. The lowest BCUT2D eigenvalue weighted by molar-refractivity contribution is 0.954. The quantitative estimate of drug-likeness (QED) is 0.794. The second-order valence-electron chi connectivity index (χ2n) is 4.58. The van der Waals surface area contributed by atoms with E-state index in [2.05, 4.69) is 37.4 Å². The van der Waals surface area contributed by atoms with Crippen molar-refractivity contribution in [2.75, 3.05) is 5.32 Å². The Labute approximate surface area is 123 Å². The fraction of sp³-hybridized carbons (Fsp3) is 0.125. The zero-order valence-corrected chi connectivity index (χ0v) is 11.7. The molecule has 0 aliphatic carbocycles. The summed E-state index contributed by atoms with van der Waals surface area (Å²) in [5, 5.41) is 3.22. The minimum atomic E-state index is 0.562. The van der Waals surface area contributed by atoms with Gasteiger partial charge in [-0.1, -0.05) is 36.4 Å². The average molecular weight is 277 g/mol. The molecule has 2 aromatic heterocycles. The smallest absolute Gasteiger partial charge is 0.226 e. The summed E-state index contributed by atoms with van der Waals surface area (Å²) < 4.78 is 0. The maximum Gasteiger partial charge on any atom is 0.226 e. The van der Waals surface area contributed by atoms with E-state index in [1.165, 1.54) is 5.56 Å². The molecule has 21 heavy (non-hydrogen) atoms. The fourth-order valence-corrected chi connectivity index (χ4v) is 1.95. The number of hydrogen-bond acceptors (Lipinski definition) is 5. The van der Waals surface area contributed by atoms with Crippen molar-refractivity contribution in [3.05, 3.63) is 66.1 Å². The highest BCUT2D eigenvalue weighted by atomic mass is 15.2. The second kappa shape index (κ2) is 6.09. The summed E-state index contributed by atoms with van der Waals surface area (Å²) in [5.74, 6) is 1.81. The van der Waals surface area contributed by atoms with E-state index in [9.17, 15) is 0 Å². The lowest BCUT2D eigenvalue weighted by atomic mass is 10.2. The van der Waals surface area contributed by atoms with Crippen LogP contribution in [0.15, 0.2) is 54.7 Å². The van der Waals surface area contributed by atoms with E-state index in [-0.39, 0.29) is 0 Å². The number of aromatic nitrogens is 4. The van der Waals surface area contributed by atoms with E-state index < -0.39 is 0 Å². The van der Waals surface area contributed by atoms with Crippen molar-refractivity contribution in [1.29, 1.82) is 0 Å². The van der Waals surface area contributed by atoms with E-state index in [1.54, 1.807) is 6.20 Å². The van der Waals surface area contributed by atoms with Gasteiger partial charge in [0.1, 0.15) is 11.5 Å². The van der Waals surface area contributed by atoms with Crippen molar-refractivity contribution in [3.63, 3.8) is 0 Å². The van der Waals surface area contributed by atoms with Crippen LogP contribution in [0.5, 0.6) is 0 Å². The van der Waals surface area contributed by atoms with Crippen molar-refractivity contribution in [1.82, 2.24) is 19.9 Å². The molecule has 0 saturated carbocycles. The van der Waals surface area contributed by atoms with Crippen LogP contribution in [0.2, 0.25) is 0 Å². The molecule has 104 valence electrons. The first-order valence-corrected chi connectivity index (χ1v) is 6.73. The summed E-state index contributed by atoms with van der Waals surface area (Å²) in [4.78, 5) is 17.3. The van der Waals surface area contributed by atoms with Gasteiger partial charge < -0.3 is 5.32 Å². The van der Waals surface area contributed by atoms with Gasteiger partial charge in [-0.15, -0.1) is 0 Å². The van der Waals surface area contributed by atoms with Crippen molar-refractivity contribution in [3.8, 4) is 11.5 Å². The van der Waals surface area contributed by atoms with Crippen LogP contribution >= 0.6 is 0 Å². The van der Waals surface area contributed by atoms with Gasteiger partial charge in [0, 0.05) is 12.7 Å². The van der Waals surface area contributed by atoms with Gasteiger partial charge >= 0.3 is 0 Å². The SMILES string of the molecule is Cc1nc(NCc2ccccc2)nc(-c2ccccn2)n1. The van der Waals surface area contributed by atoms with Crippen LogP contribution in [0.1, 0.15) is 11.4 Å². The molecular formula is C16H15N5. The molecule has 3 rings (SSSR count). The predicted molar refractivity (Wildman–Crippen MR) is 81.6 cm³/mol. The van der Waals surface area contributed by atoms with Crippen LogP contribution in [0.25, 0.3) is 11.5 Å². The number of nitrogens with one attached hydrogen (secondary N) is 1. The Bertz CT molecular complexity index is 713. The number of rotatable bonds is 4. The molecule has 0 unspecified atom stereocenters. The van der Waals surface area contributed by atoms with Crippen molar-refractivity contribution in [2.24, 2.45) is 0 Å². The summed E-state index contributed by atoms with van der Waals surface area (Å²) in [6.07, 6.45) is 1.73. The molecule has 2 heterocycles. The zero-order valence-electron chi connectivity index (χ0n) is 11.7. The van der Waals surface area contributed by atoms with E-state index in [0.29, 0.717) is 24.1 Å². The van der Waals surface area contributed by atoms with Gasteiger partial charge in [-0.25, -0.2) is 4.98 Å². The highest BCUT2D eigenvalue weighted by Gasteiger charge is 2.06. The fourth-order valence-electron chi connectivity index (χ4n) is 1.95. The van der Waals surface area contributed by atoms with Gasteiger partial charge in [0.15, 0.2) is 5.82 Å². The molecule has 1 N–H and O–H groups in total. The minimum absolute atomic E-state index is 0.562. The van der Waals surface area contributed by atoms with Crippen LogP contribution in [-0.4, -0.2) is 19.9 Å². The first-order valence-electron chi connectivity index (χ1n) is 6.73. The highest BCUT2D eigenvalue weighted by molar-refractivity contribution is 5.50. The molecule has 0 bridgehead atoms. The van der Waals surface area contributed by atoms with E-state index in [1.807, 2.05) is 43.3 Å². The Morgan fingerprint density at radius 3 is 2.48 bits per heavy atom. The summed E-state index contributed by atoms with van der Waals surface area (Å²) in [6, 6.07) is 15.8. The largest absolute Gasteiger partial charge is 0.350 e. The molecule has 0 saturated heterocycles. The topological polar surface area (TPSA) is 63.6 Å². The molecule has 0 atom stereocenters. The molecule has 1 aromatic carbocycles. The molecule has 5 nitrogen and oxygen atoms in total. The Morgan fingerprint density at radius 1 is 0.905 bits per heavy atom. The maximum atomic E-state index is 4.42. The lowest BCUT2D eigenvalue weighted by Crippen LogP contribution is -2.07. The van der Waals surface area contributed by atoms with Crippen LogP contribution < -0.4 is 5.32 Å². The maximum absolute atomic E-state index is 4.42. The van der Waals surface area contributed by atoms with Crippen molar-refractivity contribution >= 4 is 5.95 Å². The third kappa shape index (κ3) is 3.39. The van der Waals surface area contributed by atoms with Crippen LogP contribution in [0.3, 0.4) is 0 Å². The normalized spacial score (nSPS) is 10.3. The lowest BCUT2D eigenvalue weighted by Gasteiger charge is -2.07. The molecule has 0 aliphatic heterocycles. The number of nitrogens with zero attached hydrogens (tertiary/aromatic N) is 4. The van der Waals surface area contributed by atoms with E-state index in [4.69, 9.17) is 0 Å². The Balaban J connectivity index is 1.82. The number of pyridine rings is 1. The van der Waals surface area contributed by atoms with Gasteiger partial charge in [-0.2, -0.15) is 9.97 Å². The Hall–Kier alpha value is -2.82.